The van der Waals surface area contributed by atoms with Gasteiger partial charge in [-0.2, -0.15) is 0 Å². The molecule has 0 atom stereocenters. The lowest BCUT2D eigenvalue weighted by Gasteiger charge is -2.32. The third kappa shape index (κ3) is 17.2. The minimum Gasteiger partial charge on any atom is -0.506 e. The monoisotopic (exact) mass is 1270 g/mol. The van der Waals surface area contributed by atoms with Crippen LogP contribution < -0.4 is 4.74 Å². The van der Waals surface area contributed by atoms with Gasteiger partial charge >= 0.3 is 0 Å². The fraction of sp³-hybridized carbons (Fsp3) is 0.400. The third-order valence-electron chi connectivity index (χ3n) is 12.5. The molecule has 6 aromatic carbocycles. The van der Waals surface area contributed by atoms with E-state index >= 15 is 0 Å². The topological polar surface area (TPSA) is 90.2 Å². The van der Waals surface area contributed by atoms with Crippen molar-refractivity contribution in [3.63, 3.8) is 0 Å². The van der Waals surface area contributed by atoms with Gasteiger partial charge in [-0.25, -0.2) is 0 Å². The first-order valence-corrected chi connectivity index (χ1v) is 27.6. The Kier molecular flexibility index (Phi) is 24.4. The number of phenolic OH excluding ortho intramolecular Hbond substituents is 4. The molecule has 0 aliphatic heterocycles. The molecule has 4 N–H and O–H groups in total. The lowest BCUT2D eigenvalue weighted by Crippen LogP contribution is -2.23. The maximum absolute atomic E-state index is 10.2. The van der Waals surface area contributed by atoms with Crippen LogP contribution in [0.2, 0.25) is 0 Å². The van der Waals surface area contributed by atoms with Crippen LogP contribution in [-0.4, -0.2) is 27.5 Å². The summed E-state index contributed by atoms with van der Waals surface area (Å²) in [5.74, 6) is 2.36. The molecule has 6 rings (SSSR count). The highest BCUT2D eigenvalue weighted by Crippen LogP contribution is 2.44. The summed E-state index contributed by atoms with van der Waals surface area (Å²) in [4.78, 5) is 0. The number of hydrogen-bond acceptors (Lipinski definition) is 5. The Labute approximate surface area is 463 Å². The van der Waals surface area contributed by atoms with E-state index in [1.165, 1.54) is 33.4 Å². The van der Waals surface area contributed by atoms with Crippen LogP contribution in [0.1, 0.15) is 143 Å². The smallest absolute Gasteiger partial charge is 0.137 e. The summed E-state index contributed by atoms with van der Waals surface area (Å²) < 4.78 is 9.37. The van der Waals surface area contributed by atoms with Gasteiger partial charge in [0.2, 0.25) is 0 Å². The van der Waals surface area contributed by atoms with Gasteiger partial charge in [0, 0.05) is 26.7 Å². The molecule has 0 unspecified atom stereocenters. The largest absolute Gasteiger partial charge is 0.506 e. The zero-order valence-electron chi connectivity index (χ0n) is 44.7. The number of rotatable bonds is 6. The molecule has 0 amide bonds. The van der Waals surface area contributed by atoms with E-state index in [9.17, 15) is 20.4 Å². The molecule has 5 nitrogen and oxygen atoms in total. The lowest BCUT2D eigenvalue weighted by molar-refractivity contribution is 0.357. The van der Waals surface area contributed by atoms with Crippen molar-refractivity contribution in [3.05, 3.63) is 162 Å². The van der Waals surface area contributed by atoms with E-state index in [1.54, 1.807) is 7.11 Å². The molecule has 0 aliphatic rings. The van der Waals surface area contributed by atoms with Gasteiger partial charge < -0.3 is 25.2 Å². The molecule has 382 valence electrons. The predicted octanol–water partition coefficient (Wildman–Crippen LogP) is 20.3. The molecule has 0 aliphatic carbocycles. The van der Waals surface area contributed by atoms with Gasteiger partial charge in [0.1, 0.15) is 28.7 Å². The highest BCUT2D eigenvalue weighted by molar-refractivity contribution is 9.11. The Bertz CT molecular complexity index is 2650. The van der Waals surface area contributed by atoms with E-state index < -0.39 is 0 Å². The van der Waals surface area contributed by atoms with Gasteiger partial charge in [-0.05, 0) is 236 Å². The molecule has 0 saturated carbocycles. The van der Waals surface area contributed by atoms with Gasteiger partial charge in [-0.1, -0.05) is 126 Å². The molecule has 0 saturated heterocycles. The zero-order valence-corrected chi connectivity index (χ0v) is 52.6. The van der Waals surface area contributed by atoms with Gasteiger partial charge in [0.15, 0.2) is 0 Å². The number of aromatic hydroxyl groups is 4. The Balaban J connectivity index is 0.000000304. The number of aryl methyl sites for hydroxylation is 7. The summed E-state index contributed by atoms with van der Waals surface area (Å²) in [7, 11) is 1.69. The highest BCUT2D eigenvalue weighted by Gasteiger charge is 2.30. The molecule has 0 fully saturated rings. The normalized spacial score (nSPS) is 11.2. The van der Waals surface area contributed by atoms with Crippen molar-refractivity contribution >= 4 is 79.6 Å². The standard InChI is InChI=1S/C15H15BrO.2C14H21BrO.C9H11BrO.C8H9BrO/c1-9-7-10(2)14(11(3)8-9)12-5-4-6-13(16)15(12)17;1-13(2,3)9-7-10(14(4,5)6)12(16)11(15)8-9;1-5-14(6-2,7-3)11-8-10(4)9-12(15)13(11)16;1-6-4-8(10)7(2)9(5-6)11-3;1-5-3-6(2)8(10)7(9)4-5/h4-8,17H,1-3H3;7-8,16H,1-6H3;8-9,16H,5-7H2,1-4H3;4-5H,1-3H3;3-4,10H,1-2H3. The fourth-order valence-electron chi connectivity index (χ4n) is 8.29. The van der Waals surface area contributed by atoms with E-state index in [0.29, 0.717) is 23.0 Å². The maximum Gasteiger partial charge on any atom is 0.137 e. The van der Waals surface area contributed by atoms with E-state index in [-0.39, 0.29) is 16.2 Å². The molecular formula is C60H77Br5O5. The van der Waals surface area contributed by atoms with Crippen molar-refractivity contribution in [1.29, 1.82) is 0 Å². The Morgan fingerprint density at radius 1 is 0.443 bits per heavy atom. The minimum atomic E-state index is -0.0478. The molecule has 0 heterocycles. The number of ether oxygens (including phenoxy) is 1. The van der Waals surface area contributed by atoms with E-state index in [0.717, 1.165) is 86.3 Å². The van der Waals surface area contributed by atoms with Crippen molar-refractivity contribution in [2.75, 3.05) is 7.11 Å². The number of halogens is 5. The van der Waals surface area contributed by atoms with E-state index in [2.05, 4.69) is 200 Å². The summed E-state index contributed by atoms with van der Waals surface area (Å²) in [6, 6.07) is 26.2. The van der Waals surface area contributed by atoms with Gasteiger partial charge in [-0.15, -0.1) is 0 Å². The number of methoxy groups -OCH3 is 1. The van der Waals surface area contributed by atoms with Crippen molar-refractivity contribution < 1.29 is 25.2 Å². The van der Waals surface area contributed by atoms with Crippen molar-refractivity contribution in [2.24, 2.45) is 0 Å². The zero-order chi connectivity index (χ0) is 53.8. The van der Waals surface area contributed by atoms with Crippen molar-refractivity contribution in [2.45, 2.75) is 153 Å². The minimum absolute atomic E-state index is 0.0478. The highest BCUT2D eigenvalue weighted by atomic mass is 79.9. The predicted molar refractivity (Wildman–Crippen MR) is 317 cm³/mol. The second-order valence-corrected chi connectivity index (χ2v) is 24.5. The second-order valence-electron chi connectivity index (χ2n) is 20.2. The first kappa shape index (κ1) is 62.8. The summed E-state index contributed by atoms with van der Waals surface area (Å²) in [6.45, 7) is 35.7. The van der Waals surface area contributed by atoms with Crippen LogP contribution in [0.3, 0.4) is 0 Å². The van der Waals surface area contributed by atoms with Crippen molar-refractivity contribution in [1.82, 2.24) is 0 Å². The summed E-state index contributed by atoms with van der Waals surface area (Å²) in [6.07, 6.45) is 3.18. The molecule has 10 heteroatoms. The van der Waals surface area contributed by atoms with E-state index in [1.807, 2.05) is 76.2 Å². The van der Waals surface area contributed by atoms with Crippen LogP contribution in [0.25, 0.3) is 11.1 Å². The lowest BCUT2D eigenvalue weighted by atomic mass is 9.73. The summed E-state index contributed by atoms with van der Waals surface area (Å²) in [5.41, 5.74) is 14.7. The molecule has 6 aromatic rings. The molecular weight excluding hydrogens is 1200 g/mol. The fourth-order valence-corrected chi connectivity index (χ4v) is 10.9. The molecule has 0 spiro atoms. The van der Waals surface area contributed by atoms with Gasteiger partial charge in [0.05, 0.1) is 25.0 Å². The van der Waals surface area contributed by atoms with Gasteiger partial charge in [-0.3, -0.25) is 0 Å². The Morgan fingerprint density at radius 2 is 0.871 bits per heavy atom. The van der Waals surface area contributed by atoms with E-state index in [4.69, 9.17) is 4.74 Å². The van der Waals surface area contributed by atoms with Crippen LogP contribution in [0.4, 0.5) is 0 Å². The average molecular weight is 1280 g/mol. The number of para-hydroxylation sites is 1. The number of phenols is 4. The van der Waals surface area contributed by atoms with Crippen LogP contribution in [-0.2, 0) is 16.2 Å². The summed E-state index contributed by atoms with van der Waals surface area (Å²) >= 11 is 16.9. The van der Waals surface area contributed by atoms with Crippen LogP contribution in [0.15, 0.2) is 101 Å². The second kappa shape index (κ2) is 27.1. The molecule has 0 bridgehead atoms. The van der Waals surface area contributed by atoms with Crippen molar-refractivity contribution in [3.8, 4) is 39.9 Å². The van der Waals surface area contributed by atoms with Crippen LogP contribution in [0.5, 0.6) is 28.7 Å². The number of hydrogen-bond donors (Lipinski definition) is 4. The Morgan fingerprint density at radius 3 is 1.34 bits per heavy atom. The Hall–Kier alpha value is -3.28. The molecule has 0 aromatic heterocycles. The molecule has 0 radical (unpaired) electrons. The quantitative estimate of drug-likeness (QED) is 0.133. The third-order valence-corrected chi connectivity index (χ3v) is 15.8. The summed E-state index contributed by atoms with van der Waals surface area (Å²) in [5, 5.41) is 39.7. The maximum atomic E-state index is 10.2. The SMILES string of the molecule is CC(C)(C)c1cc(Br)c(O)c(C(C)(C)C)c1.CCC(CC)(CC)c1cc(C)cc(Br)c1O.COc1cc(C)cc(Br)c1C.Cc1cc(C)c(-c2cccc(Br)c2O)c(C)c1.Cc1cc(C)c(O)c(Br)c1. The van der Waals surface area contributed by atoms with Crippen LogP contribution in [0, 0.1) is 55.4 Å². The first-order valence-electron chi connectivity index (χ1n) is 23.7. The molecule has 70 heavy (non-hydrogen) atoms. The first-order chi connectivity index (χ1) is 32.3. The van der Waals surface area contributed by atoms with Crippen LogP contribution >= 0.6 is 79.6 Å². The number of benzene rings is 6. The van der Waals surface area contributed by atoms with Gasteiger partial charge in [0.25, 0.3) is 0 Å². The average Bonchev–Trinajstić information content (AvgIpc) is 3.25.